The van der Waals surface area contributed by atoms with Crippen LogP contribution in [0.25, 0.3) is 0 Å². The van der Waals surface area contributed by atoms with Gasteiger partial charge in [0.25, 0.3) is 5.91 Å². The number of hydrogen-bond acceptors (Lipinski definition) is 6. The number of anilines is 2. The topological polar surface area (TPSA) is 116 Å². The Morgan fingerprint density at radius 3 is 2.69 bits per heavy atom. The maximum absolute atomic E-state index is 12.5. The maximum Gasteiger partial charge on any atom is 0.274 e. The van der Waals surface area contributed by atoms with Crippen molar-refractivity contribution in [3.05, 3.63) is 40.7 Å². The number of nitrogens with one attached hydrogen (secondary N) is 1. The molecule has 29 heavy (non-hydrogen) atoms. The first-order chi connectivity index (χ1) is 13.8. The van der Waals surface area contributed by atoms with Crippen molar-refractivity contribution in [1.82, 2.24) is 15.3 Å². The molecule has 2 aromatic rings. The maximum atomic E-state index is 12.5. The highest BCUT2D eigenvalue weighted by molar-refractivity contribution is 6.31. The summed E-state index contributed by atoms with van der Waals surface area (Å²) in [5, 5.41) is 2.99. The van der Waals surface area contributed by atoms with Crippen LogP contribution < -0.4 is 21.5 Å². The Kier molecular flexibility index (Phi) is 6.44. The van der Waals surface area contributed by atoms with Crippen LogP contribution in [0.5, 0.6) is 5.75 Å². The highest BCUT2D eigenvalue weighted by atomic mass is 35.5. The van der Waals surface area contributed by atoms with Crippen LogP contribution in [0, 0.1) is 0 Å². The highest BCUT2D eigenvalue weighted by Crippen LogP contribution is 2.21. The number of aromatic nitrogens is 2. The molecule has 2 unspecified atom stereocenters. The molecule has 0 saturated carbocycles. The first-order valence-corrected chi connectivity index (χ1v) is 10.0. The summed E-state index contributed by atoms with van der Waals surface area (Å²) < 4.78 is 6.12. The Bertz CT molecular complexity index is 876. The van der Waals surface area contributed by atoms with Gasteiger partial charge in [0.1, 0.15) is 5.75 Å². The lowest BCUT2D eigenvalue weighted by Crippen LogP contribution is -2.46. The van der Waals surface area contributed by atoms with E-state index in [1.54, 1.807) is 7.11 Å². The van der Waals surface area contributed by atoms with Crippen LogP contribution in [0.15, 0.2) is 24.3 Å². The molecule has 1 amide bonds. The normalized spacial score (nSPS) is 21.1. The van der Waals surface area contributed by atoms with E-state index in [2.05, 4.69) is 34.5 Å². The number of nitrogens with two attached hydrogens (primary N) is 2. The minimum atomic E-state index is -0.367. The number of rotatable bonds is 7. The Balaban J connectivity index is 1.50. The lowest BCUT2D eigenvalue weighted by molar-refractivity contribution is -0.898. The molecule has 8 nitrogen and oxygen atoms in total. The fourth-order valence-electron chi connectivity index (χ4n) is 3.82. The van der Waals surface area contributed by atoms with Crippen LogP contribution in [0.4, 0.5) is 11.6 Å². The molecule has 1 aromatic heterocycles. The van der Waals surface area contributed by atoms with E-state index < -0.39 is 0 Å². The smallest absolute Gasteiger partial charge is 0.274 e. The summed E-state index contributed by atoms with van der Waals surface area (Å²) >= 11 is 5.87. The molecule has 2 heterocycles. The van der Waals surface area contributed by atoms with Gasteiger partial charge in [-0.15, -0.1) is 0 Å². The molecule has 1 fully saturated rings. The molecular formula is C20H28ClN6O2+. The summed E-state index contributed by atoms with van der Waals surface area (Å²) in [4.78, 5) is 20.4. The van der Waals surface area contributed by atoms with E-state index in [0.717, 1.165) is 49.1 Å². The number of likely N-dealkylation sites (tertiary alicyclic amines) is 1. The number of nitrogens with zero attached hydrogens (tertiary/aromatic N) is 3. The first kappa shape index (κ1) is 21.1. The van der Waals surface area contributed by atoms with Crippen molar-refractivity contribution in [2.24, 2.45) is 0 Å². The second kappa shape index (κ2) is 8.84. The molecule has 0 radical (unpaired) electrons. The fraction of sp³-hybridized carbons (Fsp3) is 0.450. The van der Waals surface area contributed by atoms with Crippen molar-refractivity contribution in [3.63, 3.8) is 0 Å². The van der Waals surface area contributed by atoms with Gasteiger partial charge in [-0.25, -0.2) is 9.97 Å². The van der Waals surface area contributed by atoms with Crippen molar-refractivity contribution >= 4 is 29.1 Å². The van der Waals surface area contributed by atoms with Gasteiger partial charge in [0.2, 0.25) is 0 Å². The van der Waals surface area contributed by atoms with Crippen LogP contribution in [0.2, 0.25) is 5.15 Å². The van der Waals surface area contributed by atoms with E-state index in [1.165, 1.54) is 5.56 Å². The van der Waals surface area contributed by atoms with Gasteiger partial charge in [-0.05, 0) is 24.1 Å². The Morgan fingerprint density at radius 2 is 2.00 bits per heavy atom. The summed E-state index contributed by atoms with van der Waals surface area (Å²) in [6.07, 6.45) is 3.00. The molecule has 5 N–H and O–H groups in total. The fourth-order valence-corrected chi connectivity index (χ4v) is 3.95. The van der Waals surface area contributed by atoms with E-state index in [-0.39, 0.29) is 34.4 Å². The molecule has 0 aliphatic carbocycles. The van der Waals surface area contributed by atoms with E-state index in [4.69, 9.17) is 27.8 Å². The monoisotopic (exact) mass is 419 g/mol. The second-order valence-electron chi connectivity index (χ2n) is 7.79. The van der Waals surface area contributed by atoms with Crippen LogP contribution in [0.1, 0.15) is 28.9 Å². The van der Waals surface area contributed by atoms with Crippen molar-refractivity contribution in [2.75, 3.05) is 45.3 Å². The van der Waals surface area contributed by atoms with Crippen LogP contribution in [0.3, 0.4) is 0 Å². The van der Waals surface area contributed by atoms with Gasteiger partial charge in [-0.2, -0.15) is 0 Å². The van der Waals surface area contributed by atoms with Gasteiger partial charge in [-0.3, -0.25) is 4.79 Å². The van der Waals surface area contributed by atoms with Gasteiger partial charge in [-0.1, -0.05) is 23.7 Å². The number of halogens is 1. The van der Waals surface area contributed by atoms with E-state index in [9.17, 15) is 4.79 Å². The molecule has 9 heteroatoms. The van der Waals surface area contributed by atoms with E-state index >= 15 is 0 Å². The predicted molar refractivity (Wildman–Crippen MR) is 114 cm³/mol. The number of benzene rings is 1. The Morgan fingerprint density at radius 1 is 1.28 bits per heavy atom. The second-order valence-corrected chi connectivity index (χ2v) is 8.15. The Hall–Kier alpha value is -2.58. The van der Waals surface area contributed by atoms with Gasteiger partial charge in [0.05, 0.1) is 39.8 Å². The number of ether oxygens (including phenoxy) is 1. The molecule has 2 atom stereocenters. The molecule has 1 saturated heterocycles. The SMILES string of the molecule is COc1ccc(CCC[N+]2(C)CCC(NC(=O)c3nc(Cl)c(N)nc3N)C2)cc1. The molecule has 1 aliphatic rings. The summed E-state index contributed by atoms with van der Waals surface area (Å²) in [7, 11) is 3.90. The minimum absolute atomic E-state index is 0.0147. The molecule has 0 spiro atoms. The third-order valence-electron chi connectivity index (χ3n) is 5.46. The van der Waals surface area contributed by atoms with Gasteiger partial charge in [0, 0.05) is 12.8 Å². The standard InChI is InChI=1S/C20H27ClN6O2/c1-27(10-3-4-13-5-7-15(29-2)8-6-13)11-9-14(12-27)24-20(28)16-18(22)26-19(23)17(21)25-16/h5-8,14H,3-4,9-12H2,1-2H3,(H4-,22,23,24,26,28)/p+1. The van der Waals surface area contributed by atoms with Gasteiger partial charge >= 0.3 is 0 Å². The van der Waals surface area contributed by atoms with Crippen molar-refractivity contribution < 1.29 is 14.0 Å². The zero-order chi connectivity index (χ0) is 21.0. The quantitative estimate of drug-likeness (QED) is 0.590. The molecular weight excluding hydrogens is 392 g/mol. The van der Waals surface area contributed by atoms with Crippen molar-refractivity contribution in [2.45, 2.75) is 25.3 Å². The molecule has 3 rings (SSSR count). The number of likely N-dealkylation sites (N-methyl/N-ethyl adjacent to an activating group) is 1. The number of aryl methyl sites for hydroxylation is 1. The number of hydrogen-bond donors (Lipinski definition) is 3. The van der Waals surface area contributed by atoms with Crippen LogP contribution in [-0.4, -0.2) is 60.2 Å². The third-order valence-corrected chi connectivity index (χ3v) is 5.73. The number of quaternary nitrogens is 1. The third kappa shape index (κ3) is 5.27. The number of carbonyl (C=O) groups excluding carboxylic acids is 1. The number of methoxy groups -OCH3 is 1. The number of amides is 1. The summed E-state index contributed by atoms with van der Waals surface area (Å²) in [6.45, 7) is 2.93. The highest BCUT2D eigenvalue weighted by Gasteiger charge is 2.35. The van der Waals surface area contributed by atoms with Crippen LogP contribution in [-0.2, 0) is 6.42 Å². The zero-order valence-corrected chi connectivity index (χ0v) is 17.6. The molecule has 1 aliphatic heterocycles. The molecule has 0 bridgehead atoms. The number of nitrogen functional groups attached to an aromatic ring is 2. The number of carbonyl (C=O) groups is 1. The average Bonchev–Trinajstić information content (AvgIpc) is 3.05. The largest absolute Gasteiger partial charge is 0.497 e. The van der Waals surface area contributed by atoms with E-state index in [1.807, 2.05) is 12.1 Å². The summed E-state index contributed by atoms with van der Waals surface area (Å²) in [5.41, 5.74) is 12.7. The van der Waals surface area contributed by atoms with Crippen molar-refractivity contribution in [3.8, 4) is 5.75 Å². The summed E-state index contributed by atoms with van der Waals surface area (Å²) in [6, 6.07) is 8.26. The zero-order valence-electron chi connectivity index (χ0n) is 16.8. The molecule has 1 aromatic carbocycles. The van der Waals surface area contributed by atoms with Gasteiger partial charge < -0.3 is 26.0 Å². The summed E-state index contributed by atoms with van der Waals surface area (Å²) in [5.74, 6) is 0.508. The predicted octanol–water partition coefficient (Wildman–Crippen LogP) is 1.88. The lowest BCUT2D eigenvalue weighted by Gasteiger charge is -2.29. The van der Waals surface area contributed by atoms with E-state index in [0.29, 0.717) is 0 Å². The lowest BCUT2D eigenvalue weighted by atomic mass is 10.1. The van der Waals surface area contributed by atoms with Crippen LogP contribution >= 0.6 is 11.6 Å². The minimum Gasteiger partial charge on any atom is -0.497 e. The molecule has 156 valence electrons. The average molecular weight is 420 g/mol. The Labute approximate surface area is 175 Å². The van der Waals surface area contributed by atoms with Crippen molar-refractivity contribution in [1.29, 1.82) is 0 Å². The first-order valence-electron chi connectivity index (χ1n) is 9.65. The van der Waals surface area contributed by atoms with Gasteiger partial charge in [0.15, 0.2) is 22.5 Å².